The third kappa shape index (κ3) is 3.60. The highest BCUT2D eigenvalue weighted by molar-refractivity contribution is 6.30. The lowest BCUT2D eigenvalue weighted by atomic mass is 9.91. The molecule has 0 amide bonds. The van der Waals surface area contributed by atoms with Crippen molar-refractivity contribution in [1.29, 1.82) is 0 Å². The van der Waals surface area contributed by atoms with E-state index in [0.29, 0.717) is 36.5 Å². The van der Waals surface area contributed by atoms with E-state index in [1.807, 2.05) is 18.2 Å². The second-order valence-electron chi connectivity index (χ2n) is 6.12. The fourth-order valence-corrected chi connectivity index (χ4v) is 3.46. The first kappa shape index (κ1) is 16.9. The van der Waals surface area contributed by atoms with Gasteiger partial charge in [-0.2, -0.15) is 0 Å². The molecule has 0 saturated carbocycles. The second kappa shape index (κ2) is 7.32. The van der Waals surface area contributed by atoms with Crippen LogP contribution >= 0.6 is 11.6 Å². The fraction of sp³-hybridized carbons (Fsp3) is 0.316. The minimum Gasteiger partial charge on any atom is -0.481 e. The van der Waals surface area contributed by atoms with Crippen molar-refractivity contribution in [2.75, 3.05) is 13.1 Å². The highest BCUT2D eigenvalue weighted by Gasteiger charge is 2.31. The Labute approximate surface area is 145 Å². The summed E-state index contributed by atoms with van der Waals surface area (Å²) >= 11 is 5.98. The molecule has 0 bridgehead atoms. The van der Waals surface area contributed by atoms with Crippen molar-refractivity contribution in [3.8, 4) is 0 Å². The van der Waals surface area contributed by atoms with E-state index in [1.165, 1.54) is 6.07 Å². The Morgan fingerprint density at radius 2 is 1.75 bits per heavy atom. The van der Waals surface area contributed by atoms with Crippen molar-refractivity contribution in [3.05, 3.63) is 70.5 Å². The number of likely N-dealkylation sites (tertiary alicyclic amines) is 1. The predicted molar refractivity (Wildman–Crippen MR) is 91.6 cm³/mol. The summed E-state index contributed by atoms with van der Waals surface area (Å²) in [5.41, 5.74) is 1.56. The summed E-state index contributed by atoms with van der Waals surface area (Å²) in [4.78, 5) is 13.3. The quantitative estimate of drug-likeness (QED) is 0.893. The number of nitrogens with zero attached hydrogens (tertiary/aromatic N) is 1. The second-order valence-corrected chi connectivity index (χ2v) is 6.56. The maximum atomic E-state index is 14.4. The molecule has 0 aromatic heterocycles. The minimum absolute atomic E-state index is 0.238. The van der Waals surface area contributed by atoms with Crippen LogP contribution in [0.2, 0.25) is 5.02 Å². The zero-order chi connectivity index (χ0) is 17.1. The van der Waals surface area contributed by atoms with E-state index < -0.39 is 5.97 Å². The average molecular weight is 348 g/mol. The van der Waals surface area contributed by atoms with E-state index >= 15 is 0 Å². The van der Waals surface area contributed by atoms with Crippen LogP contribution in [0.15, 0.2) is 48.5 Å². The molecule has 2 aromatic carbocycles. The number of benzene rings is 2. The minimum atomic E-state index is -0.747. The third-order valence-corrected chi connectivity index (χ3v) is 4.88. The average Bonchev–Trinajstić information content (AvgIpc) is 2.59. The summed E-state index contributed by atoms with van der Waals surface area (Å²) in [5, 5.41) is 9.81. The van der Waals surface area contributed by atoms with Gasteiger partial charge in [0, 0.05) is 10.6 Å². The lowest BCUT2D eigenvalue weighted by Gasteiger charge is -2.37. The summed E-state index contributed by atoms with van der Waals surface area (Å²) in [7, 11) is 0. The normalized spacial score (nSPS) is 17.6. The van der Waals surface area contributed by atoms with Crippen LogP contribution < -0.4 is 0 Å². The van der Waals surface area contributed by atoms with Crippen molar-refractivity contribution >= 4 is 17.6 Å². The van der Waals surface area contributed by atoms with E-state index in [9.17, 15) is 14.3 Å². The molecule has 1 fully saturated rings. The summed E-state index contributed by atoms with van der Waals surface area (Å²) < 4.78 is 14.4. The SMILES string of the molecule is O=C(O)C1CCN(C(c2ccc(Cl)cc2)c2ccccc2F)CC1. The summed E-state index contributed by atoms with van der Waals surface area (Å²) in [5.74, 6) is -1.31. The molecule has 1 heterocycles. The first-order valence-corrected chi connectivity index (χ1v) is 8.41. The zero-order valence-corrected chi connectivity index (χ0v) is 13.9. The van der Waals surface area contributed by atoms with E-state index in [1.54, 1.807) is 24.3 Å². The van der Waals surface area contributed by atoms with Crippen LogP contribution in [-0.4, -0.2) is 29.1 Å². The highest BCUT2D eigenvalue weighted by Crippen LogP contribution is 2.34. The van der Waals surface area contributed by atoms with E-state index in [2.05, 4.69) is 4.90 Å². The smallest absolute Gasteiger partial charge is 0.306 e. The van der Waals surface area contributed by atoms with Crippen molar-refractivity contribution in [2.24, 2.45) is 5.92 Å². The zero-order valence-electron chi connectivity index (χ0n) is 13.2. The van der Waals surface area contributed by atoms with Gasteiger partial charge >= 0.3 is 5.97 Å². The van der Waals surface area contributed by atoms with Gasteiger partial charge in [0.25, 0.3) is 0 Å². The van der Waals surface area contributed by atoms with Gasteiger partial charge in [-0.25, -0.2) is 4.39 Å². The molecule has 1 unspecified atom stereocenters. The number of carbonyl (C=O) groups is 1. The molecule has 3 rings (SSSR count). The summed E-state index contributed by atoms with van der Waals surface area (Å²) in [6.45, 7) is 1.25. The monoisotopic (exact) mass is 347 g/mol. The summed E-state index contributed by atoms with van der Waals surface area (Å²) in [6.07, 6.45) is 1.15. The Bertz CT molecular complexity index is 712. The van der Waals surface area contributed by atoms with Crippen molar-refractivity contribution < 1.29 is 14.3 Å². The van der Waals surface area contributed by atoms with Crippen LogP contribution in [0.3, 0.4) is 0 Å². The number of aliphatic carboxylic acids is 1. The molecule has 126 valence electrons. The van der Waals surface area contributed by atoms with Crippen molar-refractivity contribution in [3.63, 3.8) is 0 Å². The Kier molecular flexibility index (Phi) is 5.17. The lowest BCUT2D eigenvalue weighted by molar-refractivity contribution is -0.143. The molecule has 5 heteroatoms. The third-order valence-electron chi connectivity index (χ3n) is 4.63. The number of piperidine rings is 1. The molecule has 2 aromatic rings. The molecule has 0 spiro atoms. The van der Waals surface area contributed by atoms with Gasteiger partial charge in [0.2, 0.25) is 0 Å². The van der Waals surface area contributed by atoms with Crippen LogP contribution in [0.5, 0.6) is 0 Å². The van der Waals surface area contributed by atoms with Crippen LogP contribution in [0.4, 0.5) is 4.39 Å². The highest BCUT2D eigenvalue weighted by atomic mass is 35.5. The van der Waals surface area contributed by atoms with Gasteiger partial charge in [-0.1, -0.05) is 41.9 Å². The van der Waals surface area contributed by atoms with E-state index in [0.717, 1.165) is 5.56 Å². The molecule has 24 heavy (non-hydrogen) atoms. The molecule has 1 aliphatic rings. The fourth-order valence-electron chi connectivity index (χ4n) is 3.33. The molecule has 0 radical (unpaired) electrons. The van der Waals surface area contributed by atoms with Crippen LogP contribution in [0.1, 0.15) is 30.0 Å². The first-order valence-electron chi connectivity index (χ1n) is 8.03. The van der Waals surface area contributed by atoms with Gasteiger partial charge in [0.05, 0.1) is 12.0 Å². The number of hydrogen-bond donors (Lipinski definition) is 1. The first-order chi connectivity index (χ1) is 11.6. The van der Waals surface area contributed by atoms with Gasteiger partial charge in [-0.3, -0.25) is 9.69 Å². The number of rotatable bonds is 4. The maximum Gasteiger partial charge on any atom is 0.306 e. The Hall–Kier alpha value is -1.91. The number of carboxylic acid groups (broad SMARTS) is 1. The lowest BCUT2D eigenvalue weighted by Crippen LogP contribution is -2.39. The largest absolute Gasteiger partial charge is 0.481 e. The molecule has 1 N–H and O–H groups in total. The van der Waals surface area contributed by atoms with Gasteiger partial charge in [0.1, 0.15) is 5.82 Å². The van der Waals surface area contributed by atoms with Crippen LogP contribution in [0.25, 0.3) is 0 Å². The van der Waals surface area contributed by atoms with E-state index in [-0.39, 0.29) is 17.8 Å². The van der Waals surface area contributed by atoms with Crippen LogP contribution in [0, 0.1) is 11.7 Å². The molecule has 1 saturated heterocycles. The molecule has 3 nitrogen and oxygen atoms in total. The topological polar surface area (TPSA) is 40.5 Å². The summed E-state index contributed by atoms with van der Waals surface area (Å²) in [6, 6.07) is 13.9. The Morgan fingerprint density at radius 1 is 1.12 bits per heavy atom. The molecule has 1 atom stereocenters. The Balaban J connectivity index is 1.93. The van der Waals surface area contributed by atoms with Gasteiger partial charge in [-0.05, 0) is 49.7 Å². The van der Waals surface area contributed by atoms with E-state index in [4.69, 9.17) is 11.6 Å². The molecule has 1 aliphatic heterocycles. The number of hydrogen-bond acceptors (Lipinski definition) is 2. The van der Waals surface area contributed by atoms with Gasteiger partial charge in [-0.15, -0.1) is 0 Å². The predicted octanol–water partition coefficient (Wildman–Crippen LogP) is 4.37. The standard InChI is InChI=1S/C19H19ClFNO2/c20-15-7-5-13(6-8-15)18(16-3-1-2-4-17(16)21)22-11-9-14(10-12-22)19(23)24/h1-8,14,18H,9-12H2,(H,23,24). The number of halogens is 2. The molecular formula is C19H19ClFNO2. The van der Waals surface area contributed by atoms with Crippen molar-refractivity contribution in [1.82, 2.24) is 4.90 Å². The van der Waals surface area contributed by atoms with Crippen molar-refractivity contribution in [2.45, 2.75) is 18.9 Å². The van der Waals surface area contributed by atoms with Gasteiger partial charge < -0.3 is 5.11 Å². The number of carboxylic acids is 1. The maximum absolute atomic E-state index is 14.4. The Morgan fingerprint density at radius 3 is 2.33 bits per heavy atom. The van der Waals surface area contributed by atoms with Crippen LogP contribution in [-0.2, 0) is 4.79 Å². The molecule has 0 aliphatic carbocycles. The molecular weight excluding hydrogens is 329 g/mol. The van der Waals surface area contributed by atoms with Gasteiger partial charge in [0.15, 0.2) is 0 Å².